The lowest BCUT2D eigenvalue weighted by Crippen LogP contribution is -2.09. The summed E-state index contributed by atoms with van der Waals surface area (Å²) >= 11 is 1.88. The minimum absolute atomic E-state index is 0.0613. The Morgan fingerprint density at radius 2 is 2.25 bits per heavy atom. The van der Waals surface area contributed by atoms with Gasteiger partial charge in [-0.15, -0.1) is 0 Å². The first-order valence-corrected chi connectivity index (χ1v) is 4.04. The zero-order valence-electron chi connectivity index (χ0n) is 5.72. The molecule has 1 rings (SSSR count). The second-order valence-electron chi connectivity index (χ2n) is 2.00. The van der Waals surface area contributed by atoms with Crippen molar-refractivity contribution in [2.45, 2.75) is 12.8 Å². The van der Waals surface area contributed by atoms with Crippen molar-refractivity contribution >= 4 is 18.0 Å². The predicted octanol–water partition coefficient (Wildman–Crippen LogP) is 1.33. The van der Waals surface area contributed by atoms with E-state index < -0.39 is 0 Å². The molecule has 0 amide bonds. The molecule has 1 fully saturated rings. The number of carbonyl (C=O) groups excluding carboxylic acids is 1. The maximum atomic E-state index is 10.5. The molecule has 1 aliphatic heterocycles. The first-order chi connectivity index (χ1) is 4.30. The minimum Gasteiger partial charge on any atom is -0.303 e. The molecule has 1 nitrogen and oxygen atoms in total. The summed E-state index contributed by atoms with van der Waals surface area (Å²) in [7, 11) is 0. The topological polar surface area (TPSA) is 17.1 Å². The molecule has 0 bridgehead atoms. The fraction of sp³-hybridized carbons (Fsp3) is 0.833. The van der Waals surface area contributed by atoms with Gasteiger partial charge < -0.3 is 4.79 Å². The lowest BCUT2D eigenvalue weighted by Gasteiger charge is -2.14. The monoisotopic (exact) mass is 131 g/mol. The highest BCUT2D eigenvalue weighted by molar-refractivity contribution is 7.99. The number of aldehydes is 1. The molecule has 1 saturated heterocycles. The van der Waals surface area contributed by atoms with Crippen molar-refractivity contribution in [3.63, 3.8) is 0 Å². The van der Waals surface area contributed by atoms with Gasteiger partial charge in [-0.1, -0.05) is 0 Å². The highest BCUT2D eigenvalue weighted by atomic mass is 32.2. The van der Waals surface area contributed by atoms with Gasteiger partial charge in [-0.05, 0) is 24.3 Å². The maximum Gasteiger partial charge on any atom is 0.123 e. The predicted molar refractivity (Wildman–Crippen MR) is 36.1 cm³/mol. The summed E-state index contributed by atoms with van der Waals surface area (Å²) in [5.41, 5.74) is 0. The largest absolute Gasteiger partial charge is 0.303 e. The van der Waals surface area contributed by atoms with Crippen LogP contribution in [0.2, 0.25) is 0 Å². The van der Waals surface area contributed by atoms with E-state index in [9.17, 15) is 4.79 Å². The van der Waals surface area contributed by atoms with E-state index in [0.29, 0.717) is 0 Å². The van der Waals surface area contributed by atoms with Crippen molar-refractivity contribution in [1.29, 1.82) is 0 Å². The van der Waals surface area contributed by atoms with Crippen LogP contribution in [-0.2, 0) is 4.79 Å². The van der Waals surface area contributed by atoms with Crippen molar-refractivity contribution in [2.75, 3.05) is 11.5 Å². The number of hydrogen-bond acceptors (Lipinski definition) is 2. The average Bonchev–Trinajstić information content (AvgIpc) is 1.90. The van der Waals surface area contributed by atoms with Gasteiger partial charge in [-0.25, -0.2) is 0 Å². The van der Waals surface area contributed by atoms with Crippen LogP contribution in [0.1, 0.15) is 14.2 Å². The van der Waals surface area contributed by atoms with Crippen LogP contribution in [0, 0.1) is 5.92 Å². The van der Waals surface area contributed by atoms with Gasteiger partial charge in [0.05, 0.1) is 0 Å². The van der Waals surface area contributed by atoms with Gasteiger partial charge in [-0.3, -0.25) is 0 Å². The molecule has 0 saturated carbocycles. The fourth-order valence-electron chi connectivity index (χ4n) is 0.815. The lowest BCUT2D eigenvalue weighted by atomic mass is 10.1. The van der Waals surface area contributed by atoms with E-state index in [1.54, 1.807) is 0 Å². The van der Waals surface area contributed by atoms with E-state index in [4.69, 9.17) is 1.37 Å². The van der Waals surface area contributed by atoms with Crippen LogP contribution < -0.4 is 0 Å². The Labute approximate surface area is 55.2 Å². The van der Waals surface area contributed by atoms with Crippen LogP contribution in [0.15, 0.2) is 0 Å². The van der Waals surface area contributed by atoms with Crippen LogP contribution in [0.25, 0.3) is 0 Å². The molecule has 1 aliphatic rings. The molecule has 46 valence electrons. The standard InChI is InChI=1S/C6H10OS/c7-5-6-1-3-8-4-2-6/h5-6H,1-4H2/i5D. The zero-order chi connectivity index (χ0) is 6.69. The molecule has 0 radical (unpaired) electrons. The molecule has 0 atom stereocenters. The molecular weight excluding hydrogens is 120 g/mol. The van der Waals surface area contributed by atoms with Gasteiger partial charge >= 0.3 is 0 Å². The van der Waals surface area contributed by atoms with Crippen LogP contribution in [0.4, 0.5) is 0 Å². The second-order valence-corrected chi connectivity index (χ2v) is 3.23. The Bertz CT molecular complexity index is 110. The number of hydrogen-bond donors (Lipinski definition) is 0. The van der Waals surface area contributed by atoms with E-state index in [0.717, 1.165) is 24.3 Å². The van der Waals surface area contributed by atoms with E-state index in [-0.39, 0.29) is 12.2 Å². The molecule has 0 N–H and O–H groups in total. The summed E-state index contributed by atoms with van der Waals surface area (Å²) in [6.07, 6.45) is 1.48. The van der Waals surface area contributed by atoms with Gasteiger partial charge in [0, 0.05) is 5.92 Å². The molecule has 0 unspecified atom stereocenters. The third-order valence-electron chi connectivity index (χ3n) is 1.39. The Balaban J connectivity index is 2.31. The summed E-state index contributed by atoms with van der Waals surface area (Å²) in [6.45, 7) is 0. The number of carbonyl (C=O) groups is 1. The first-order valence-electron chi connectivity index (χ1n) is 3.39. The summed E-state index contributed by atoms with van der Waals surface area (Å²) in [5.74, 6) is 2.19. The van der Waals surface area contributed by atoms with Crippen LogP contribution >= 0.6 is 11.8 Å². The maximum absolute atomic E-state index is 10.5. The first kappa shape index (κ1) is 4.86. The van der Waals surface area contributed by atoms with Crippen LogP contribution in [0.3, 0.4) is 0 Å². The van der Waals surface area contributed by atoms with E-state index >= 15 is 0 Å². The highest BCUT2D eigenvalue weighted by Crippen LogP contribution is 2.20. The van der Waals surface area contributed by atoms with E-state index in [1.807, 2.05) is 11.8 Å². The van der Waals surface area contributed by atoms with Crippen molar-refractivity contribution < 1.29 is 6.17 Å². The van der Waals surface area contributed by atoms with Gasteiger partial charge in [0.2, 0.25) is 0 Å². The van der Waals surface area contributed by atoms with Crippen LogP contribution in [-0.4, -0.2) is 17.8 Å². The molecule has 0 aromatic heterocycles. The Kier molecular flexibility index (Phi) is 1.90. The molecule has 8 heavy (non-hydrogen) atoms. The molecule has 0 aromatic rings. The van der Waals surface area contributed by atoms with Crippen molar-refractivity contribution in [1.82, 2.24) is 0 Å². The quantitative estimate of drug-likeness (QED) is 0.499. The zero-order valence-corrected chi connectivity index (χ0v) is 5.54. The third-order valence-corrected chi connectivity index (χ3v) is 2.44. The van der Waals surface area contributed by atoms with Gasteiger partial charge in [0.1, 0.15) is 7.63 Å². The molecule has 0 spiro atoms. The molecule has 1 heterocycles. The Morgan fingerprint density at radius 1 is 1.62 bits per heavy atom. The summed E-state index contributed by atoms with van der Waals surface area (Å²) < 4.78 is 6.82. The molecular formula is C6H10OS. The SMILES string of the molecule is [2H]C(=O)C1CCSCC1. The smallest absolute Gasteiger partial charge is 0.123 e. The lowest BCUT2D eigenvalue weighted by molar-refractivity contribution is -0.111. The molecule has 0 aliphatic carbocycles. The van der Waals surface area contributed by atoms with Crippen molar-refractivity contribution in [2.24, 2.45) is 5.92 Å². The van der Waals surface area contributed by atoms with Gasteiger partial charge in [0.25, 0.3) is 0 Å². The van der Waals surface area contributed by atoms with Gasteiger partial charge in [0.15, 0.2) is 0 Å². The third kappa shape index (κ3) is 1.51. The second kappa shape index (κ2) is 3.13. The summed E-state index contributed by atoms with van der Waals surface area (Å²) in [4.78, 5) is 10.5. The van der Waals surface area contributed by atoms with E-state index in [2.05, 4.69) is 0 Å². The van der Waals surface area contributed by atoms with Gasteiger partial charge in [-0.2, -0.15) is 11.8 Å². The summed E-state index contributed by atoms with van der Waals surface area (Å²) in [5, 5.41) is 0. The summed E-state index contributed by atoms with van der Waals surface area (Å²) in [6, 6.07) is 0. The Hall–Kier alpha value is 0.0200. The number of rotatable bonds is 1. The van der Waals surface area contributed by atoms with Crippen molar-refractivity contribution in [3.8, 4) is 0 Å². The average molecular weight is 131 g/mol. The molecule has 2 heteroatoms. The molecule has 0 aromatic carbocycles. The fourth-order valence-corrected chi connectivity index (χ4v) is 1.92. The normalized spacial score (nSPS) is 24.8. The number of thioether (sulfide) groups is 1. The van der Waals surface area contributed by atoms with Crippen molar-refractivity contribution in [3.05, 3.63) is 0 Å². The Morgan fingerprint density at radius 3 is 2.62 bits per heavy atom. The van der Waals surface area contributed by atoms with Crippen LogP contribution in [0.5, 0.6) is 0 Å². The van der Waals surface area contributed by atoms with E-state index in [1.165, 1.54) is 0 Å². The minimum atomic E-state index is -0.365. The highest BCUT2D eigenvalue weighted by Gasteiger charge is 2.10.